The Kier molecular flexibility index (Phi) is 2.15. The number of ether oxygens (including phenoxy) is 2. The molecule has 0 aliphatic carbocycles. The monoisotopic (exact) mass is 216 g/mol. The maximum atomic E-state index is 5.56. The third-order valence-electron chi connectivity index (χ3n) is 2.62. The van der Waals surface area contributed by atoms with Crippen LogP contribution in [0.3, 0.4) is 0 Å². The van der Waals surface area contributed by atoms with Crippen molar-refractivity contribution in [3.63, 3.8) is 0 Å². The zero-order valence-electron chi connectivity index (χ0n) is 8.77. The standard InChI is InChI=1S/C12H12N2O2/c13-7-9-2-1-8-5-11-12(6-10(8)14-9)16-4-3-15-11/h1-2,5-6H,3-4,7,13H2. The Balaban J connectivity index is 2.19. The van der Waals surface area contributed by atoms with E-state index in [1.165, 1.54) is 0 Å². The van der Waals surface area contributed by atoms with Crippen LogP contribution in [0.25, 0.3) is 10.9 Å². The van der Waals surface area contributed by atoms with Crippen molar-refractivity contribution in [2.75, 3.05) is 13.2 Å². The van der Waals surface area contributed by atoms with Gasteiger partial charge < -0.3 is 15.2 Å². The number of fused-ring (bicyclic) bond motifs is 2. The van der Waals surface area contributed by atoms with E-state index in [1.807, 2.05) is 24.3 Å². The molecule has 0 amide bonds. The van der Waals surface area contributed by atoms with Gasteiger partial charge in [0, 0.05) is 18.0 Å². The molecule has 0 radical (unpaired) electrons. The molecule has 4 nitrogen and oxygen atoms in total. The van der Waals surface area contributed by atoms with Gasteiger partial charge in [-0.15, -0.1) is 0 Å². The average Bonchev–Trinajstić information content (AvgIpc) is 2.35. The molecule has 2 aromatic rings. The Morgan fingerprint density at radius 2 is 1.88 bits per heavy atom. The molecular formula is C12H12N2O2. The summed E-state index contributed by atoms with van der Waals surface area (Å²) in [5.41, 5.74) is 7.33. The Labute approximate surface area is 93.0 Å². The van der Waals surface area contributed by atoms with E-state index in [0.717, 1.165) is 28.1 Å². The first-order chi connectivity index (χ1) is 7.86. The van der Waals surface area contributed by atoms with Crippen molar-refractivity contribution in [3.05, 3.63) is 30.0 Å². The first-order valence-electron chi connectivity index (χ1n) is 5.26. The number of pyridine rings is 1. The van der Waals surface area contributed by atoms with Crippen LogP contribution in [0.5, 0.6) is 11.5 Å². The number of benzene rings is 1. The van der Waals surface area contributed by atoms with Crippen molar-refractivity contribution in [2.45, 2.75) is 6.54 Å². The Bertz CT molecular complexity index is 540. The fraction of sp³-hybridized carbons (Fsp3) is 0.250. The second-order valence-electron chi connectivity index (χ2n) is 3.70. The number of rotatable bonds is 1. The largest absolute Gasteiger partial charge is 0.486 e. The van der Waals surface area contributed by atoms with Crippen LogP contribution >= 0.6 is 0 Å². The summed E-state index contributed by atoms with van der Waals surface area (Å²) in [4.78, 5) is 4.44. The predicted octanol–water partition coefficient (Wildman–Crippen LogP) is 1.46. The van der Waals surface area contributed by atoms with E-state index in [4.69, 9.17) is 15.2 Å². The molecule has 0 unspecified atom stereocenters. The lowest BCUT2D eigenvalue weighted by molar-refractivity contribution is 0.172. The summed E-state index contributed by atoms with van der Waals surface area (Å²) in [7, 11) is 0. The lowest BCUT2D eigenvalue weighted by Gasteiger charge is -2.18. The predicted molar refractivity (Wildman–Crippen MR) is 60.6 cm³/mol. The molecule has 1 aliphatic rings. The maximum Gasteiger partial charge on any atom is 0.163 e. The van der Waals surface area contributed by atoms with Crippen LogP contribution in [0.4, 0.5) is 0 Å². The highest BCUT2D eigenvalue weighted by atomic mass is 16.6. The number of hydrogen-bond acceptors (Lipinski definition) is 4. The van der Waals surface area contributed by atoms with Crippen LogP contribution in [0.2, 0.25) is 0 Å². The van der Waals surface area contributed by atoms with E-state index in [1.54, 1.807) is 0 Å². The Morgan fingerprint density at radius 3 is 2.62 bits per heavy atom. The van der Waals surface area contributed by atoms with Gasteiger partial charge in [-0.3, -0.25) is 4.98 Å². The minimum atomic E-state index is 0.449. The summed E-state index contributed by atoms with van der Waals surface area (Å²) >= 11 is 0. The molecule has 0 fully saturated rings. The molecule has 1 aromatic heterocycles. The molecule has 0 saturated carbocycles. The van der Waals surface area contributed by atoms with E-state index in [9.17, 15) is 0 Å². The van der Waals surface area contributed by atoms with Gasteiger partial charge in [0.1, 0.15) is 13.2 Å². The minimum Gasteiger partial charge on any atom is -0.486 e. The molecule has 0 spiro atoms. The minimum absolute atomic E-state index is 0.449. The normalized spacial score (nSPS) is 14.1. The first-order valence-corrected chi connectivity index (χ1v) is 5.26. The number of nitrogens with two attached hydrogens (primary N) is 1. The smallest absolute Gasteiger partial charge is 0.163 e. The Hall–Kier alpha value is -1.81. The molecule has 2 heterocycles. The summed E-state index contributed by atoms with van der Waals surface area (Å²) < 4.78 is 11.0. The van der Waals surface area contributed by atoms with Crippen molar-refractivity contribution >= 4 is 10.9 Å². The summed E-state index contributed by atoms with van der Waals surface area (Å²) in [6.07, 6.45) is 0. The fourth-order valence-corrected chi connectivity index (χ4v) is 1.82. The second-order valence-corrected chi connectivity index (χ2v) is 3.70. The molecule has 0 bridgehead atoms. The van der Waals surface area contributed by atoms with Gasteiger partial charge in [-0.05, 0) is 12.1 Å². The van der Waals surface area contributed by atoms with Gasteiger partial charge in [-0.2, -0.15) is 0 Å². The lowest BCUT2D eigenvalue weighted by atomic mass is 10.1. The van der Waals surface area contributed by atoms with Gasteiger partial charge >= 0.3 is 0 Å². The van der Waals surface area contributed by atoms with Gasteiger partial charge in [0.05, 0.1) is 11.2 Å². The van der Waals surface area contributed by atoms with Gasteiger partial charge in [0.25, 0.3) is 0 Å². The highest BCUT2D eigenvalue weighted by Gasteiger charge is 2.12. The molecule has 4 heteroatoms. The van der Waals surface area contributed by atoms with E-state index in [2.05, 4.69) is 4.98 Å². The molecule has 3 rings (SSSR count). The second kappa shape index (κ2) is 3.64. The van der Waals surface area contributed by atoms with E-state index in [-0.39, 0.29) is 0 Å². The fourth-order valence-electron chi connectivity index (χ4n) is 1.82. The van der Waals surface area contributed by atoms with E-state index < -0.39 is 0 Å². The van der Waals surface area contributed by atoms with Gasteiger partial charge in [-0.25, -0.2) is 0 Å². The van der Waals surface area contributed by atoms with Crippen LogP contribution in [-0.4, -0.2) is 18.2 Å². The van der Waals surface area contributed by atoms with Crippen molar-refractivity contribution in [1.29, 1.82) is 0 Å². The average molecular weight is 216 g/mol. The highest BCUT2D eigenvalue weighted by Crippen LogP contribution is 2.33. The van der Waals surface area contributed by atoms with Gasteiger partial charge in [0.15, 0.2) is 11.5 Å². The third kappa shape index (κ3) is 1.47. The molecule has 16 heavy (non-hydrogen) atoms. The van der Waals surface area contributed by atoms with Crippen LogP contribution in [0, 0.1) is 0 Å². The SMILES string of the molecule is NCc1ccc2cc3c(cc2n1)OCCO3. The molecule has 1 aliphatic heterocycles. The Morgan fingerprint density at radius 1 is 1.12 bits per heavy atom. The van der Waals surface area contributed by atoms with Crippen LogP contribution in [0.15, 0.2) is 24.3 Å². The topological polar surface area (TPSA) is 57.4 Å². The van der Waals surface area contributed by atoms with Crippen LogP contribution < -0.4 is 15.2 Å². The third-order valence-corrected chi connectivity index (χ3v) is 2.62. The van der Waals surface area contributed by atoms with Crippen molar-refractivity contribution in [3.8, 4) is 11.5 Å². The molecule has 82 valence electrons. The van der Waals surface area contributed by atoms with Crippen LogP contribution in [-0.2, 0) is 6.54 Å². The van der Waals surface area contributed by atoms with E-state index in [0.29, 0.717) is 19.8 Å². The lowest BCUT2D eigenvalue weighted by Crippen LogP contribution is -2.15. The number of hydrogen-bond donors (Lipinski definition) is 1. The van der Waals surface area contributed by atoms with Crippen molar-refractivity contribution < 1.29 is 9.47 Å². The number of aromatic nitrogens is 1. The van der Waals surface area contributed by atoms with E-state index >= 15 is 0 Å². The van der Waals surface area contributed by atoms with Crippen molar-refractivity contribution in [2.24, 2.45) is 5.73 Å². The number of nitrogens with zero attached hydrogens (tertiary/aromatic N) is 1. The quantitative estimate of drug-likeness (QED) is 0.784. The molecule has 2 N–H and O–H groups in total. The maximum absolute atomic E-state index is 5.56. The van der Waals surface area contributed by atoms with Gasteiger partial charge in [-0.1, -0.05) is 6.07 Å². The zero-order chi connectivity index (χ0) is 11.0. The molecule has 0 atom stereocenters. The van der Waals surface area contributed by atoms with Crippen molar-refractivity contribution in [1.82, 2.24) is 4.98 Å². The summed E-state index contributed by atoms with van der Waals surface area (Å²) in [5.74, 6) is 1.56. The molecule has 0 saturated heterocycles. The molecule has 1 aromatic carbocycles. The summed E-state index contributed by atoms with van der Waals surface area (Å²) in [5, 5.41) is 1.04. The molecular weight excluding hydrogens is 204 g/mol. The van der Waals surface area contributed by atoms with Gasteiger partial charge in [0.2, 0.25) is 0 Å². The zero-order valence-corrected chi connectivity index (χ0v) is 8.77. The summed E-state index contributed by atoms with van der Waals surface area (Å²) in [6.45, 7) is 1.65. The summed E-state index contributed by atoms with van der Waals surface area (Å²) in [6, 6.07) is 7.79. The van der Waals surface area contributed by atoms with Crippen LogP contribution in [0.1, 0.15) is 5.69 Å². The first kappa shape index (κ1) is 9.42. The highest BCUT2D eigenvalue weighted by molar-refractivity contribution is 5.82.